The quantitative estimate of drug-likeness (QED) is 0.554. The number of carbonyl (C=O) groups is 1. The Labute approximate surface area is 73.3 Å². The molecule has 12 heavy (non-hydrogen) atoms. The van der Waals surface area contributed by atoms with Crippen LogP contribution in [0, 0.1) is 6.42 Å². The van der Waals surface area contributed by atoms with Gasteiger partial charge in [0, 0.05) is 20.1 Å². The Hall–Kier alpha value is -0.570. The number of carbonyl (C=O) groups excluding carboxylic acids is 1. The Morgan fingerprint density at radius 1 is 1.50 bits per heavy atom. The van der Waals surface area contributed by atoms with Gasteiger partial charge in [-0.1, -0.05) is 0 Å². The highest BCUT2D eigenvalue weighted by atomic mass is 16.2. The van der Waals surface area contributed by atoms with Gasteiger partial charge in [-0.3, -0.25) is 9.69 Å². The van der Waals surface area contributed by atoms with E-state index in [0.29, 0.717) is 5.91 Å². The Kier molecular flexibility index (Phi) is 2.05. The van der Waals surface area contributed by atoms with Crippen molar-refractivity contribution in [1.82, 2.24) is 9.80 Å². The Morgan fingerprint density at radius 2 is 2.33 bits per heavy atom. The van der Waals surface area contributed by atoms with Gasteiger partial charge >= 0.3 is 0 Å². The first kappa shape index (κ1) is 8.05. The number of hydrogen-bond acceptors (Lipinski definition) is 2. The van der Waals surface area contributed by atoms with Gasteiger partial charge in [-0.25, -0.2) is 0 Å². The van der Waals surface area contributed by atoms with Crippen LogP contribution in [0.15, 0.2) is 0 Å². The fourth-order valence-electron chi connectivity index (χ4n) is 2.03. The largest absolute Gasteiger partial charge is 0.344 e. The van der Waals surface area contributed by atoms with E-state index in [0.717, 1.165) is 32.5 Å². The molecule has 2 aliphatic rings. The Bertz CT molecular complexity index is 187. The third-order valence-electron chi connectivity index (χ3n) is 2.82. The number of amides is 1. The third kappa shape index (κ3) is 1.22. The molecule has 0 aliphatic carbocycles. The van der Waals surface area contributed by atoms with E-state index in [9.17, 15) is 4.79 Å². The summed E-state index contributed by atoms with van der Waals surface area (Å²) in [4.78, 5) is 15.7. The minimum absolute atomic E-state index is 0.189. The number of rotatable bonds is 1. The molecule has 3 heteroatoms. The maximum atomic E-state index is 11.6. The van der Waals surface area contributed by atoms with E-state index in [1.165, 1.54) is 0 Å². The van der Waals surface area contributed by atoms with Crippen molar-refractivity contribution in [3.63, 3.8) is 0 Å². The number of nitrogens with zero attached hydrogens (tertiary/aromatic N) is 2. The summed E-state index contributed by atoms with van der Waals surface area (Å²) >= 11 is 0. The first-order chi connectivity index (χ1) is 5.79. The van der Waals surface area contributed by atoms with E-state index in [1.807, 2.05) is 11.9 Å². The summed E-state index contributed by atoms with van der Waals surface area (Å²) in [5.74, 6) is 0.310. The lowest BCUT2D eigenvalue weighted by Crippen LogP contribution is -2.39. The second kappa shape index (κ2) is 3.05. The molecule has 2 saturated heterocycles. The zero-order valence-corrected chi connectivity index (χ0v) is 7.49. The third-order valence-corrected chi connectivity index (χ3v) is 2.82. The van der Waals surface area contributed by atoms with Crippen LogP contribution >= 0.6 is 0 Å². The molecule has 1 radical (unpaired) electrons. The van der Waals surface area contributed by atoms with Gasteiger partial charge in [-0.2, -0.15) is 0 Å². The Morgan fingerprint density at radius 3 is 2.83 bits per heavy atom. The predicted octanol–water partition coefficient (Wildman–Crippen LogP) is 0.127. The fraction of sp³-hybridized carbons (Fsp3) is 0.778. The summed E-state index contributed by atoms with van der Waals surface area (Å²) in [6, 6.07) is 0.189. The monoisotopic (exact) mass is 167 g/mol. The first-order valence-corrected chi connectivity index (χ1v) is 4.60. The Balaban J connectivity index is 1.99. The van der Waals surface area contributed by atoms with Crippen molar-refractivity contribution in [3.8, 4) is 0 Å². The second-order valence-corrected chi connectivity index (χ2v) is 3.64. The smallest absolute Gasteiger partial charge is 0.239 e. The average Bonchev–Trinajstić information content (AvgIpc) is 2.64. The number of likely N-dealkylation sites (tertiary alicyclic amines) is 2. The van der Waals surface area contributed by atoms with Crippen LogP contribution in [0.3, 0.4) is 0 Å². The van der Waals surface area contributed by atoms with Gasteiger partial charge in [0.05, 0.1) is 6.04 Å². The highest BCUT2D eigenvalue weighted by molar-refractivity contribution is 5.83. The van der Waals surface area contributed by atoms with Crippen molar-refractivity contribution in [2.24, 2.45) is 0 Å². The predicted molar refractivity (Wildman–Crippen MR) is 46.5 cm³/mol. The fourth-order valence-corrected chi connectivity index (χ4v) is 2.03. The van der Waals surface area contributed by atoms with Gasteiger partial charge in [0.15, 0.2) is 0 Å². The standard InChI is InChI=1S/C9H15N2O/c1-10-7-4-8(9(10)12)11-5-2-3-6-11/h2,8H,3-7H2,1H3. The molecule has 2 aliphatic heterocycles. The van der Waals surface area contributed by atoms with Crippen molar-refractivity contribution in [1.29, 1.82) is 0 Å². The summed E-state index contributed by atoms with van der Waals surface area (Å²) in [6.07, 6.45) is 4.42. The molecule has 0 N–H and O–H groups in total. The maximum Gasteiger partial charge on any atom is 0.239 e. The summed E-state index contributed by atoms with van der Waals surface area (Å²) in [5.41, 5.74) is 0. The van der Waals surface area contributed by atoms with Crippen molar-refractivity contribution in [3.05, 3.63) is 6.42 Å². The van der Waals surface area contributed by atoms with Crippen molar-refractivity contribution in [2.75, 3.05) is 26.7 Å². The van der Waals surface area contributed by atoms with Gasteiger partial charge < -0.3 is 4.90 Å². The highest BCUT2D eigenvalue weighted by Gasteiger charge is 2.34. The average molecular weight is 167 g/mol. The molecular weight excluding hydrogens is 152 g/mol. The second-order valence-electron chi connectivity index (χ2n) is 3.64. The van der Waals surface area contributed by atoms with E-state index in [2.05, 4.69) is 11.3 Å². The molecule has 3 nitrogen and oxygen atoms in total. The maximum absolute atomic E-state index is 11.6. The van der Waals surface area contributed by atoms with Gasteiger partial charge in [-0.05, 0) is 25.8 Å². The van der Waals surface area contributed by atoms with Crippen LogP contribution in [0.5, 0.6) is 0 Å². The van der Waals surface area contributed by atoms with Crippen LogP contribution < -0.4 is 0 Å². The molecule has 1 atom stereocenters. The van der Waals surface area contributed by atoms with Crippen LogP contribution in [-0.2, 0) is 4.79 Å². The van der Waals surface area contributed by atoms with Crippen LogP contribution in [0.1, 0.15) is 12.8 Å². The molecule has 1 amide bonds. The molecule has 67 valence electrons. The molecule has 2 rings (SSSR count). The zero-order chi connectivity index (χ0) is 8.55. The molecule has 0 aromatic rings. The molecule has 0 bridgehead atoms. The normalized spacial score (nSPS) is 31.9. The van der Waals surface area contributed by atoms with Gasteiger partial charge in [0.1, 0.15) is 0 Å². The summed E-state index contributed by atoms with van der Waals surface area (Å²) in [5, 5.41) is 0. The number of likely N-dealkylation sites (N-methyl/N-ethyl adjacent to an activating group) is 1. The molecule has 1 unspecified atom stereocenters. The highest BCUT2D eigenvalue weighted by Crippen LogP contribution is 2.19. The number of hydrogen-bond donors (Lipinski definition) is 0. The van der Waals surface area contributed by atoms with E-state index in [1.54, 1.807) is 0 Å². The van der Waals surface area contributed by atoms with E-state index < -0.39 is 0 Å². The topological polar surface area (TPSA) is 23.6 Å². The van der Waals surface area contributed by atoms with Crippen molar-refractivity contribution in [2.45, 2.75) is 18.9 Å². The van der Waals surface area contributed by atoms with Gasteiger partial charge in [0.25, 0.3) is 0 Å². The van der Waals surface area contributed by atoms with Crippen LogP contribution in [0.4, 0.5) is 0 Å². The molecule has 0 spiro atoms. The minimum atomic E-state index is 0.189. The summed E-state index contributed by atoms with van der Waals surface area (Å²) in [7, 11) is 1.89. The van der Waals surface area contributed by atoms with Crippen LogP contribution in [0.2, 0.25) is 0 Å². The molecule has 0 aromatic heterocycles. The molecule has 2 fully saturated rings. The van der Waals surface area contributed by atoms with E-state index in [-0.39, 0.29) is 6.04 Å². The van der Waals surface area contributed by atoms with Crippen LogP contribution in [0.25, 0.3) is 0 Å². The lowest BCUT2D eigenvalue weighted by atomic mass is 10.2. The van der Waals surface area contributed by atoms with Crippen LogP contribution in [-0.4, -0.2) is 48.4 Å². The first-order valence-electron chi connectivity index (χ1n) is 4.60. The van der Waals surface area contributed by atoms with Crippen molar-refractivity contribution < 1.29 is 4.79 Å². The van der Waals surface area contributed by atoms with E-state index in [4.69, 9.17) is 0 Å². The zero-order valence-electron chi connectivity index (χ0n) is 7.49. The summed E-state index contributed by atoms with van der Waals surface area (Å²) < 4.78 is 0. The lowest BCUT2D eigenvalue weighted by molar-refractivity contribution is -0.130. The SMILES string of the molecule is CN1CCC(N2C[CH]CC2)C1=O. The minimum Gasteiger partial charge on any atom is -0.344 e. The molecule has 0 saturated carbocycles. The van der Waals surface area contributed by atoms with E-state index >= 15 is 0 Å². The summed E-state index contributed by atoms with van der Waals surface area (Å²) in [6.45, 7) is 3.01. The molecule has 0 aromatic carbocycles. The molecule has 2 heterocycles. The lowest BCUT2D eigenvalue weighted by Gasteiger charge is -2.21. The van der Waals surface area contributed by atoms with Gasteiger partial charge in [-0.15, -0.1) is 0 Å². The van der Waals surface area contributed by atoms with Gasteiger partial charge in [0.2, 0.25) is 5.91 Å². The molecular formula is C9H15N2O. The van der Waals surface area contributed by atoms with Crippen molar-refractivity contribution >= 4 is 5.91 Å².